The van der Waals surface area contributed by atoms with E-state index < -0.39 is 0 Å². The Balaban J connectivity index is 1.49. The second-order valence-corrected chi connectivity index (χ2v) is 9.89. The fourth-order valence-electron chi connectivity index (χ4n) is 4.95. The largest absolute Gasteiger partial charge is 0.328 e. The fraction of sp³-hybridized carbons (Fsp3) is 0.423. The van der Waals surface area contributed by atoms with Gasteiger partial charge in [0.25, 0.3) is 0 Å². The van der Waals surface area contributed by atoms with E-state index in [-0.39, 0.29) is 17.1 Å². The number of aromatic amines is 1. The first-order valence-corrected chi connectivity index (χ1v) is 12.1. The van der Waals surface area contributed by atoms with Gasteiger partial charge in [-0.25, -0.2) is 4.79 Å². The first-order chi connectivity index (χ1) is 16.5. The van der Waals surface area contributed by atoms with Crippen LogP contribution in [0.2, 0.25) is 0 Å². The Morgan fingerprint density at radius 2 is 1.94 bits per heavy atom. The molecule has 1 aliphatic rings. The van der Waals surface area contributed by atoms with E-state index in [9.17, 15) is 4.79 Å². The Hall–Kier alpha value is -3.55. The van der Waals surface area contributed by atoms with Crippen LogP contribution in [0, 0.1) is 5.41 Å². The minimum Gasteiger partial charge on any atom is -0.295 e. The molecule has 3 aromatic heterocycles. The number of hydrogen-bond acceptors (Lipinski definition) is 5. The first kappa shape index (κ1) is 22.3. The van der Waals surface area contributed by atoms with Crippen LogP contribution in [0.15, 0.2) is 53.7 Å². The van der Waals surface area contributed by atoms with E-state index in [1.807, 2.05) is 45.7 Å². The Kier molecular flexibility index (Phi) is 5.89. The minimum atomic E-state index is 0.0890. The van der Waals surface area contributed by atoms with Gasteiger partial charge >= 0.3 is 5.69 Å². The maximum absolute atomic E-state index is 13.6. The van der Waals surface area contributed by atoms with Crippen molar-refractivity contribution in [1.29, 1.82) is 0 Å². The molecule has 5 rings (SSSR count). The molecule has 0 amide bonds. The Morgan fingerprint density at radius 3 is 2.59 bits per heavy atom. The van der Waals surface area contributed by atoms with Gasteiger partial charge in [-0.15, -0.1) is 10.2 Å². The third-order valence-corrected chi connectivity index (χ3v) is 7.20. The van der Waals surface area contributed by atoms with Crippen LogP contribution in [0.25, 0.3) is 22.5 Å². The molecule has 34 heavy (non-hydrogen) atoms. The van der Waals surface area contributed by atoms with Crippen molar-refractivity contribution in [3.8, 4) is 22.5 Å². The van der Waals surface area contributed by atoms with Crippen LogP contribution in [0.5, 0.6) is 0 Å². The average molecular weight is 458 g/mol. The third kappa shape index (κ3) is 4.08. The van der Waals surface area contributed by atoms with Gasteiger partial charge in [0.05, 0.1) is 6.54 Å². The van der Waals surface area contributed by atoms with Gasteiger partial charge in [0.15, 0.2) is 0 Å². The van der Waals surface area contributed by atoms with E-state index in [1.54, 1.807) is 6.20 Å². The zero-order valence-electron chi connectivity index (χ0n) is 20.0. The number of nitrogens with zero attached hydrogens (tertiary/aromatic N) is 6. The SMILES string of the molecule is CCCCc1cn(C2CCC2(C)C)c(=O)n1Cc1cnccc1-c1ccc(-c2nn[nH]n2)cc1. The number of aryl methyl sites for hydroxylation is 1. The Morgan fingerprint density at radius 1 is 1.15 bits per heavy atom. The summed E-state index contributed by atoms with van der Waals surface area (Å²) in [5.74, 6) is 0.564. The lowest BCUT2D eigenvalue weighted by molar-refractivity contribution is 0.0786. The summed E-state index contributed by atoms with van der Waals surface area (Å²) in [6.45, 7) is 7.21. The predicted octanol–water partition coefficient (Wildman–Crippen LogP) is 4.64. The van der Waals surface area contributed by atoms with E-state index in [0.717, 1.165) is 60.1 Å². The molecule has 3 heterocycles. The summed E-state index contributed by atoms with van der Waals surface area (Å²) in [5.41, 5.74) is 5.42. The molecule has 0 spiro atoms. The summed E-state index contributed by atoms with van der Waals surface area (Å²) in [7, 11) is 0. The smallest absolute Gasteiger partial charge is 0.295 e. The van der Waals surface area contributed by atoms with E-state index in [1.165, 1.54) is 0 Å². The third-order valence-electron chi connectivity index (χ3n) is 7.20. The number of aromatic nitrogens is 7. The summed E-state index contributed by atoms with van der Waals surface area (Å²) >= 11 is 0. The summed E-state index contributed by atoms with van der Waals surface area (Å²) in [4.78, 5) is 18.0. The number of nitrogens with one attached hydrogen (secondary N) is 1. The number of pyridine rings is 1. The molecule has 1 aromatic carbocycles. The number of rotatable bonds is 8. The predicted molar refractivity (Wildman–Crippen MR) is 131 cm³/mol. The molecule has 8 heteroatoms. The highest BCUT2D eigenvalue weighted by molar-refractivity contribution is 5.69. The summed E-state index contributed by atoms with van der Waals surface area (Å²) in [6, 6.07) is 10.4. The van der Waals surface area contributed by atoms with Crippen molar-refractivity contribution in [2.75, 3.05) is 0 Å². The number of unbranched alkanes of at least 4 members (excludes halogenated alkanes) is 1. The van der Waals surface area contributed by atoms with Crippen LogP contribution in [-0.4, -0.2) is 34.7 Å². The van der Waals surface area contributed by atoms with Gasteiger partial charge in [-0.1, -0.05) is 51.5 Å². The zero-order chi connectivity index (χ0) is 23.7. The van der Waals surface area contributed by atoms with Gasteiger partial charge in [-0.2, -0.15) is 5.21 Å². The maximum atomic E-state index is 13.6. The summed E-state index contributed by atoms with van der Waals surface area (Å²) in [5, 5.41) is 14.2. The first-order valence-electron chi connectivity index (χ1n) is 12.1. The van der Waals surface area contributed by atoms with Gasteiger partial charge < -0.3 is 0 Å². The molecule has 1 N–H and O–H groups in total. The lowest BCUT2D eigenvalue weighted by atomic mass is 9.67. The van der Waals surface area contributed by atoms with Gasteiger partial charge in [-0.05, 0) is 59.1 Å². The van der Waals surface area contributed by atoms with Crippen LogP contribution >= 0.6 is 0 Å². The number of benzene rings is 1. The van der Waals surface area contributed by atoms with E-state index >= 15 is 0 Å². The van der Waals surface area contributed by atoms with Gasteiger partial charge in [0.1, 0.15) is 0 Å². The molecule has 1 atom stereocenters. The minimum absolute atomic E-state index is 0.0890. The Labute approximate surface area is 199 Å². The molecule has 1 fully saturated rings. The van der Waals surface area contributed by atoms with Crippen LogP contribution in [0.3, 0.4) is 0 Å². The van der Waals surface area contributed by atoms with Crippen molar-refractivity contribution in [2.45, 2.75) is 65.5 Å². The summed E-state index contributed by atoms with van der Waals surface area (Å²) in [6.07, 6.45) is 11.1. The topological polar surface area (TPSA) is 94.3 Å². The molecular weight excluding hydrogens is 426 g/mol. The molecule has 4 aromatic rings. The zero-order valence-corrected chi connectivity index (χ0v) is 20.0. The monoisotopic (exact) mass is 457 g/mol. The van der Waals surface area contributed by atoms with Crippen LogP contribution in [0.1, 0.15) is 63.8 Å². The highest BCUT2D eigenvalue weighted by atomic mass is 16.1. The number of tetrazole rings is 1. The summed E-state index contributed by atoms with van der Waals surface area (Å²) < 4.78 is 3.95. The van der Waals surface area contributed by atoms with Gasteiger partial charge in [-0.3, -0.25) is 14.1 Å². The van der Waals surface area contributed by atoms with Crippen molar-refractivity contribution >= 4 is 0 Å². The highest BCUT2D eigenvalue weighted by Gasteiger charge is 2.41. The van der Waals surface area contributed by atoms with Crippen LogP contribution in [0.4, 0.5) is 0 Å². The highest BCUT2D eigenvalue weighted by Crippen LogP contribution is 2.48. The lowest BCUT2D eigenvalue weighted by Crippen LogP contribution is -2.41. The molecule has 1 unspecified atom stereocenters. The van der Waals surface area contributed by atoms with Crippen LogP contribution in [-0.2, 0) is 13.0 Å². The molecular formula is C26H31N7O. The van der Waals surface area contributed by atoms with E-state index in [2.05, 4.69) is 52.6 Å². The Bertz CT molecular complexity index is 1320. The number of hydrogen-bond donors (Lipinski definition) is 1. The maximum Gasteiger partial charge on any atom is 0.328 e. The van der Waals surface area contributed by atoms with Crippen molar-refractivity contribution < 1.29 is 0 Å². The van der Waals surface area contributed by atoms with Gasteiger partial charge in [0, 0.05) is 35.9 Å². The lowest BCUT2D eigenvalue weighted by Gasteiger charge is -2.44. The van der Waals surface area contributed by atoms with Gasteiger partial charge in [0.2, 0.25) is 5.82 Å². The molecule has 8 nitrogen and oxygen atoms in total. The molecule has 0 saturated heterocycles. The van der Waals surface area contributed by atoms with Crippen molar-refractivity contribution in [3.63, 3.8) is 0 Å². The van der Waals surface area contributed by atoms with E-state index in [4.69, 9.17) is 0 Å². The average Bonchev–Trinajstić information content (AvgIpc) is 3.48. The second-order valence-electron chi connectivity index (χ2n) is 9.89. The van der Waals surface area contributed by atoms with Crippen molar-refractivity contribution in [1.82, 2.24) is 34.7 Å². The van der Waals surface area contributed by atoms with Crippen LogP contribution < -0.4 is 5.69 Å². The molecule has 1 saturated carbocycles. The molecule has 0 aliphatic heterocycles. The standard InChI is InChI=1S/C26H31N7O/c1-4-5-6-21-17-33(23-11-13-26(23,2)3)25(34)32(21)16-20-15-27-14-12-22(20)18-7-9-19(10-8-18)24-28-30-31-29-24/h7-10,12,14-15,17,23H,4-6,11,13,16H2,1-3H3,(H,28,29,30,31). The molecule has 0 radical (unpaired) electrons. The van der Waals surface area contributed by atoms with E-state index in [0.29, 0.717) is 12.4 Å². The van der Waals surface area contributed by atoms with Crippen molar-refractivity contribution in [2.24, 2.45) is 5.41 Å². The molecule has 176 valence electrons. The normalized spacial score (nSPS) is 17.0. The second kappa shape index (κ2) is 9.00. The fourth-order valence-corrected chi connectivity index (χ4v) is 4.95. The number of imidazole rings is 1. The molecule has 0 bridgehead atoms. The molecule has 1 aliphatic carbocycles. The quantitative estimate of drug-likeness (QED) is 0.416. The number of H-pyrrole nitrogens is 1. The van der Waals surface area contributed by atoms with Crippen molar-refractivity contribution in [3.05, 3.63) is 70.7 Å².